The van der Waals surface area contributed by atoms with Gasteiger partial charge in [-0.2, -0.15) is 0 Å². The van der Waals surface area contributed by atoms with Crippen molar-refractivity contribution >= 4 is 28.9 Å². The van der Waals surface area contributed by atoms with Gasteiger partial charge in [0, 0.05) is 37.2 Å². The van der Waals surface area contributed by atoms with Crippen molar-refractivity contribution < 1.29 is 34.8 Å². The number of likely N-dealkylation sites (N-methyl/N-ethyl adjacent to an activating group) is 1. The summed E-state index contributed by atoms with van der Waals surface area (Å²) in [6.07, 6.45) is -0.00786. The van der Waals surface area contributed by atoms with Crippen LogP contribution in [0.4, 0.5) is 5.69 Å². The molecule has 1 fully saturated rings. The summed E-state index contributed by atoms with van der Waals surface area (Å²) in [4.78, 5) is 52.4. The zero-order valence-corrected chi connectivity index (χ0v) is 24.0. The molecule has 0 saturated heterocycles. The number of ketones is 2. The van der Waals surface area contributed by atoms with Gasteiger partial charge in [0.15, 0.2) is 11.4 Å². The van der Waals surface area contributed by atoms with Crippen LogP contribution in [0.5, 0.6) is 5.75 Å². The molecule has 1 aromatic carbocycles. The highest BCUT2D eigenvalue weighted by Gasteiger charge is 2.64. The number of primary amides is 1. The summed E-state index contributed by atoms with van der Waals surface area (Å²) in [6.45, 7) is 6.83. The van der Waals surface area contributed by atoms with Crippen LogP contribution in [-0.2, 0) is 27.3 Å². The molecule has 0 heterocycles. The zero-order chi connectivity index (χ0) is 30.8. The number of phenols is 1. The van der Waals surface area contributed by atoms with E-state index in [1.165, 1.54) is 26.0 Å². The second kappa shape index (κ2) is 10.2. The molecule has 222 valence electrons. The molecule has 41 heavy (non-hydrogen) atoms. The molecular weight excluding hydrogens is 534 g/mol. The molecule has 3 aliphatic carbocycles. The van der Waals surface area contributed by atoms with Gasteiger partial charge < -0.3 is 31.5 Å². The Bertz CT molecular complexity index is 1410. The van der Waals surface area contributed by atoms with Crippen LogP contribution in [0.15, 0.2) is 28.3 Å². The first kappa shape index (κ1) is 30.2. The Kier molecular flexibility index (Phi) is 7.52. The summed E-state index contributed by atoms with van der Waals surface area (Å²) in [5, 5.41) is 52.8. The van der Waals surface area contributed by atoms with Gasteiger partial charge in [0.25, 0.3) is 5.91 Å². The van der Waals surface area contributed by atoms with Crippen molar-refractivity contribution in [3.05, 3.63) is 44.6 Å². The Morgan fingerprint density at radius 3 is 2.37 bits per heavy atom. The number of aliphatic hydroxyl groups excluding tert-OH is 2. The lowest BCUT2D eigenvalue weighted by Crippen LogP contribution is -2.65. The molecule has 4 atom stereocenters. The van der Waals surface area contributed by atoms with Crippen molar-refractivity contribution in [2.45, 2.75) is 51.8 Å². The second-order valence-corrected chi connectivity index (χ2v) is 12.5. The largest absolute Gasteiger partial charge is 0.508 e. The molecule has 1 amide bonds. The minimum Gasteiger partial charge on any atom is -0.508 e. The maximum absolute atomic E-state index is 14.0. The SMILES string of the molecule is CN(N=O)c1cc(CNCC(C)(C)C)c(O)c2c1CC1CC3[C@H](N(C)C)C(=O)C(C(N)=O)=C(O)[C@@]3(O)C(=O)C1=C2O. The third-order valence-electron chi connectivity index (χ3n) is 8.22. The molecule has 13 nitrogen and oxygen atoms in total. The van der Waals surface area contributed by atoms with E-state index in [0.717, 1.165) is 5.01 Å². The summed E-state index contributed by atoms with van der Waals surface area (Å²) in [7, 11) is 4.48. The number of nitrogens with zero attached hydrogens (tertiary/aromatic N) is 3. The van der Waals surface area contributed by atoms with Gasteiger partial charge in [-0.15, -0.1) is 4.91 Å². The molecule has 0 bridgehead atoms. The highest BCUT2D eigenvalue weighted by molar-refractivity contribution is 6.24. The van der Waals surface area contributed by atoms with Crippen molar-refractivity contribution in [3.63, 3.8) is 0 Å². The molecule has 1 aromatic rings. The highest BCUT2D eigenvalue weighted by atomic mass is 16.3. The number of nitroso groups, excluding NO2 is 1. The van der Waals surface area contributed by atoms with Crippen molar-refractivity contribution in [1.29, 1.82) is 0 Å². The molecule has 1 saturated carbocycles. The van der Waals surface area contributed by atoms with Crippen molar-refractivity contribution in [2.24, 2.45) is 28.3 Å². The quantitative estimate of drug-likeness (QED) is 0.156. The molecule has 0 spiro atoms. The number of nitrogens with two attached hydrogens (primary N) is 1. The molecule has 0 aliphatic heterocycles. The number of carbonyl (C=O) groups is 3. The number of Topliss-reactive ketones (excluding diaryl/α,β-unsaturated/α-hetero) is 2. The topological polar surface area (TPSA) is 206 Å². The fourth-order valence-corrected chi connectivity index (χ4v) is 6.39. The molecule has 13 heteroatoms. The van der Waals surface area contributed by atoms with Crippen LogP contribution in [0, 0.1) is 22.2 Å². The molecular formula is C28H37N5O8. The Labute approximate surface area is 237 Å². The van der Waals surface area contributed by atoms with E-state index >= 15 is 0 Å². The first-order valence-electron chi connectivity index (χ1n) is 13.3. The number of amides is 1. The number of aromatic hydroxyl groups is 1. The number of phenolic OH excluding ortho intramolecular Hbond substituents is 1. The van der Waals surface area contributed by atoms with Crippen LogP contribution in [-0.4, -0.2) is 82.1 Å². The summed E-state index contributed by atoms with van der Waals surface area (Å²) >= 11 is 0. The van der Waals surface area contributed by atoms with Crippen LogP contribution in [0.25, 0.3) is 5.76 Å². The second-order valence-electron chi connectivity index (χ2n) is 12.5. The van der Waals surface area contributed by atoms with E-state index in [4.69, 9.17) is 5.73 Å². The lowest BCUT2D eigenvalue weighted by atomic mass is 9.57. The van der Waals surface area contributed by atoms with Gasteiger partial charge in [0.2, 0.25) is 5.78 Å². The lowest BCUT2D eigenvalue weighted by Gasteiger charge is -2.50. The number of hydrogen-bond acceptors (Lipinski definition) is 11. The molecule has 3 aliphatic rings. The summed E-state index contributed by atoms with van der Waals surface area (Å²) in [5.41, 5.74) is 2.33. The number of carbonyl (C=O) groups excluding carboxylic acids is 3. The van der Waals surface area contributed by atoms with E-state index in [-0.39, 0.29) is 41.7 Å². The Morgan fingerprint density at radius 2 is 1.83 bits per heavy atom. The molecule has 4 rings (SSSR count). The first-order valence-corrected chi connectivity index (χ1v) is 13.3. The first-order chi connectivity index (χ1) is 19.0. The average Bonchev–Trinajstić information content (AvgIpc) is 2.85. The molecule has 7 N–H and O–H groups in total. The zero-order valence-electron chi connectivity index (χ0n) is 24.0. The summed E-state index contributed by atoms with van der Waals surface area (Å²) in [5.74, 6) is -7.28. The van der Waals surface area contributed by atoms with Crippen LogP contribution < -0.4 is 16.1 Å². The fraction of sp³-hybridized carbons (Fsp3) is 0.536. The Morgan fingerprint density at radius 1 is 1.20 bits per heavy atom. The maximum atomic E-state index is 14.0. The van der Waals surface area contributed by atoms with Crippen molar-refractivity contribution in [2.75, 3.05) is 32.7 Å². The van der Waals surface area contributed by atoms with Gasteiger partial charge >= 0.3 is 0 Å². The van der Waals surface area contributed by atoms with Gasteiger partial charge in [-0.25, -0.2) is 5.01 Å². The minimum absolute atomic E-state index is 0.0486. The number of fused-ring (bicyclic) bond motifs is 3. The number of hydrogen-bond donors (Lipinski definition) is 6. The van der Waals surface area contributed by atoms with E-state index in [9.17, 15) is 39.7 Å². The highest BCUT2D eigenvalue weighted by Crippen LogP contribution is 2.54. The number of anilines is 1. The predicted molar refractivity (Wildman–Crippen MR) is 150 cm³/mol. The fourth-order valence-electron chi connectivity index (χ4n) is 6.39. The maximum Gasteiger partial charge on any atom is 0.255 e. The number of aliphatic hydroxyl groups is 3. The van der Waals surface area contributed by atoms with E-state index in [1.807, 2.05) is 20.8 Å². The summed E-state index contributed by atoms with van der Waals surface area (Å²) in [6, 6.07) is 0.404. The third-order valence-corrected chi connectivity index (χ3v) is 8.22. The predicted octanol–water partition coefficient (Wildman–Crippen LogP) is 1.22. The smallest absolute Gasteiger partial charge is 0.255 e. The number of nitrogens with one attached hydrogen (secondary N) is 1. The van der Waals surface area contributed by atoms with Crippen LogP contribution in [0.2, 0.25) is 0 Å². The van der Waals surface area contributed by atoms with Gasteiger partial charge in [-0.1, -0.05) is 20.8 Å². The van der Waals surface area contributed by atoms with Gasteiger partial charge in [0.05, 0.1) is 22.6 Å². The van der Waals surface area contributed by atoms with E-state index in [0.29, 0.717) is 23.4 Å². The van der Waals surface area contributed by atoms with E-state index in [2.05, 4.69) is 10.6 Å². The van der Waals surface area contributed by atoms with Gasteiger partial charge in [-0.05, 0) is 49.9 Å². The average molecular weight is 572 g/mol. The monoisotopic (exact) mass is 571 g/mol. The van der Waals surface area contributed by atoms with Gasteiger partial charge in [0.1, 0.15) is 22.8 Å². The Balaban J connectivity index is 1.93. The van der Waals surface area contributed by atoms with Crippen molar-refractivity contribution in [1.82, 2.24) is 10.2 Å². The third kappa shape index (κ3) is 4.67. The van der Waals surface area contributed by atoms with Crippen LogP contribution in [0.3, 0.4) is 0 Å². The standard InChI is InChI=1S/C28H37N5O8/c1-27(2,3)11-30-10-13-9-16(33(6)31-41)14-7-12-8-15-20(32(4)5)23(36)19(26(29)39)25(38)28(15,40)24(37)17(12)22(35)18(14)21(13)34/h9,12,15,20,30,34-35,38,40H,7-8,10-11H2,1-6H3,(H2,29,39)/t12?,15?,20-,28-/m0/s1. The normalized spacial score (nSPS) is 26.1. The number of benzene rings is 1. The summed E-state index contributed by atoms with van der Waals surface area (Å²) < 4.78 is 0. The van der Waals surface area contributed by atoms with Crippen LogP contribution >= 0.6 is 0 Å². The molecule has 0 aromatic heterocycles. The lowest BCUT2D eigenvalue weighted by molar-refractivity contribution is -0.153. The molecule has 2 unspecified atom stereocenters. The molecule has 0 radical (unpaired) electrons. The van der Waals surface area contributed by atoms with E-state index < -0.39 is 58.0 Å². The number of rotatable bonds is 7. The Hall–Kier alpha value is -3.81. The van der Waals surface area contributed by atoms with Gasteiger partial charge in [-0.3, -0.25) is 19.3 Å². The van der Waals surface area contributed by atoms with Crippen molar-refractivity contribution in [3.8, 4) is 5.75 Å². The minimum atomic E-state index is -2.73. The van der Waals surface area contributed by atoms with Crippen LogP contribution in [0.1, 0.15) is 43.9 Å². The van der Waals surface area contributed by atoms with E-state index in [1.54, 1.807) is 6.07 Å².